The molecule has 0 fully saturated rings. The second-order valence-corrected chi connectivity index (χ2v) is 5.32. The van der Waals surface area contributed by atoms with E-state index >= 15 is 0 Å². The quantitative estimate of drug-likeness (QED) is 0.748. The normalized spacial score (nSPS) is 12.1. The minimum absolute atomic E-state index is 0.0304. The predicted octanol–water partition coefficient (Wildman–Crippen LogP) is 3.83. The molecule has 0 atom stereocenters. The Hall–Kier alpha value is -1.60. The van der Waals surface area contributed by atoms with E-state index in [1.54, 1.807) is 5.32 Å². The van der Waals surface area contributed by atoms with Crippen LogP contribution in [-0.4, -0.2) is 33.9 Å². The Bertz CT molecular complexity index is 834. The second-order valence-electron chi connectivity index (χ2n) is 3.73. The number of aromatic nitrogens is 2. The van der Waals surface area contributed by atoms with E-state index in [2.05, 4.69) is 9.97 Å². The Balaban J connectivity index is 0.000000273. The van der Waals surface area contributed by atoms with Crippen LogP contribution < -0.4 is 5.32 Å². The number of carboxylic acid groups (broad SMARTS) is 1. The van der Waals surface area contributed by atoms with Crippen molar-refractivity contribution in [2.45, 2.75) is 0 Å². The first kappa shape index (κ1) is 15.0. The molecular formula is C13H9Cl4N3O3. The largest absolute Gasteiger partial charge is 0.478 e. The highest BCUT2D eigenvalue weighted by atomic mass is 35.5. The van der Waals surface area contributed by atoms with Crippen molar-refractivity contribution in [1.29, 1.82) is 0 Å². The monoisotopic (exact) mass is 398 g/mol. The van der Waals surface area contributed by atoms with E-state index in [4.69, 9.17) is 55.6 Å². The molecule has 10 heteroatoms. The number of nitrogens with one attached hydrogen (secondary N) is 1. The summed E-state index contributed by atoms with van der Waals surface area (Å²) in [5.74, 6) is -1.93. The summed E-state index contributed by atoms with van der Waals surface area (Å²) in [6, 6.07) is 2.55. The lowest BCUT2D eigenvalue weighted by molar-refractivity contribution is 0.0696. The van der Waals surface area contributed by atoms with Gasteiger partial charge >= 0.3 is 5.97 Å². The Labute approximate surface area is 155 Å². The molecule has 23 heavy (non-hydrogen) atoms. The van der Waals surface area contributed by atoms with E-state index in [0.717, 1.165) is 12.4 Å². The highest BCUT2D eigenvalue weighted by molar-refractivity contribution is 6.36. The molecule has 2 aromatic heterocycles. The molecule has 0 aliphatic rings. The van der Waals surface area contributed by atoms with Crippen molar-refractivity contribution in [3.8, 4) is 0 Å². The summed E-state index contributed by atoms with van der Waals surface area (Å²) < 4.78 is 20.5. The first-order valence-electron chi connectivity index (χ1n) is 7.08. The molecule has 0 aromatic carbocycles. The van der Waals surface area contributed by atoms with Crippen LogP contribution in [0, 0.1) is 0 Å². The molecule has 122 valence electrons. The molecule has 2 heterocycles. The Morgan fingerprint density at radius 3 is 1.91 bits per heavy atom. The summed E-state index contributed by atoms with van der Waals surface area (Å²) in [5.41, 5.74) is -0.0757. The first-order valence-corrected chi connectivity index (χ1v) is 7.10. The number of carbonyl (C=O) groups excluding carboxylic acids is 1. The Morgan fingerprint density at radius 2 is 1.52 bits per heavy atom. The van der Waals surface area contributed by atoms with Gasteiger partial charge in [-0.2, -0.15) is 0 Å². The van der Waals surface area contributed by atoms with Gasteiger partial charge in [-0.25, -0.2) is 14.8 Å². The molecule has 0 unspecified atom stereocenters. The van der Waals surface area contributed by atoms with Crippen LogP contribution in [0.4, 0.5) is 0 Å². The van der Waals surface area contributed by atoms with Gasteiger partial charge in [0.25, 0.3) is 5.91 Å². The van der Waals surface area contributed by atoms with E-state index in [0.29, 0.717) is 0 Å². The van der Waals surface area contributed by atoms with Crippen molar-refractivity contribution in [3.05, 3.63) is 56.0 Å². The molecule has 1 amide bonds. The fourth-order valence-corrected chi connectivity index (χ4v) is 2.11. The maximum absolute atomic E-state index is 11.4. The lowest BCUT2D eigenvalue weighted by Crippen LogP contribution is -2.18. The van der Waals surface area contributed by atoms with Crippen molar-refractivity contribution in [3.63, 3.8) is 0 Å². The van der Waals surface area contributed by atoms with Crippen molar-refractivity contribution < 1.29 is 18.8 Å². The SMILES string of the molecule is O=C(O)c1cnc(Cl)cc1Cl.[2H]C([2H])([2H])NC(=O)c1cnc(Cl)cc1Cl. The van der Waals surface area contributed by atoms with Crippen LogP contribution in [0.1, 0.15) is 24.8 Å². The van der Waals surface area contributed by atoms with Crippen molar-refractivity contribution >= 4 is 58.3 Å². The Kier molecular flexibility index (Phi) is 5.78. The predicted molar refractivity (Wildman–Crippen MR) is 88.9 cm³/mol. The minimum atomic E-state index is -2.56. The smallest absolute Gasteiger partial charge is 0.338 e. The lowest BCUT2D eigenvalue weighted by Gasteiger charge is -2.00. The van der Waals surface area contributed by atoms with Crippen LogP contribution in [0.5, 0.6) is 0 Å². The van der Waals surface area contributed by atoms with Crippen LogP contribution in [0.25, 0.3) is 0 Å². The summed E-state index contributed by atoms with van der Waals surface area (Å²) in [5, 5.41) is 10.7. The van der Waals surface area contributed by atoms with Gasteiger partial charge in [0.2, 0.25) is 0 Å². The van der Waals surface area contributed by atoms with E-state index in [1.165, 1.54) is 12.1 Å². The van der Waals surface area contributed by atoms with Crippen LogP contribution in [0.15, 0.2) is 24.5 Å². The molecule has 0 aliphatic heterocycles. The number of pyridine rings is 2. The van der Waals surface area contributed by atoms with Gasteiger partial charge in [0.05, 0.1) is 21.2 Å². The van der Waals surface area contributed by atoms with Gasteiger partial charge in [-0.1, -0.05) is 46.4 Å². The van der Waals surface area contributed by atoms with Crippen LogP contribution >= 0.6 is 46.4 Å². The number of rotatable bonds is 2. The summed E-state index contributed by atoms with van der Waals surface area (Å²) in [6.45, 7) is -2.56. The van der Waals surface area contributed by atoms with Crippen molar-refractivity contribution in [1.82, 2.24) is 15.3 Å². The van der Waals surface area contributed by atoms with Gasteiger partial charge in [-0.15, -0.1) is 0 Å². The molecule has 2 aromatic rings. The molecule has 2 N–H and O–H groups in total. The average molecular weight is 400 g/mol. The second kappa shape index (κ2) is 8.88. The Morgan fingerprint density at radius 1 is 1.04 bits per heavy atom. The van der Waals surface area contributed by atoms with Crippen LogP contribution in [0.3, 0.4) is 0 Å². The molecule has 6 nitrogen and oxygen atoms in total. The average Bonchev–Trinajstić information content (AvgIpc) is 2.45. The number of carbonyl (C=O) groups is 2. The lowest BCUT2D eigenvalue weighted by atomic mass is 10.3. The summed E-state index contributed by atoms with van der Waals surface area (Å²) in [4.78, 5) is 28.9. The number of amides is 1. The van der Waals surface area contributed by atoms with Crippen LogP contribution in [0.2, 0.25) is 20.4 Å². The molecule has 0 spiro atoms. The molecule has 0 radical (unpaired) electrons. The van der Waals surface area contributed by atoms with Gasteiger partial charge in [0.15, 0.2) is 0 Å². The third kappa shape index (κ3) is 5.84. The van der Waals surface area contributed by atoms with E-state index < -0.39 is 18.9 Å². The standard InChI is InChI=1S/C7H6Cl2N2O.C6H3Cl2NO2/c1-10-7(12)4-3-11-6(9)2-5(4)8;7-4-1-5(8)9-2-3(4)6(10)11/h2-3H,1H3,(H,10,12);1-2H,(H,10,11)/i1D3;. The van der Waals surface area contributed by atoms with E-state index in [9.17, 15) is 9.59 Å². The number of hydrogen-bond acceptors (Lipinski definition) is 4. The summed E-state index contributed by atoms with van der Waals surface area (Å²) >= 11 is 22.2. The van der Waals surface area contributed by atoms with Gasteiger partial charge in [0, 0.05) is 23.5 Å². The molecular weight excluding hydrogens is 388 g/mol. The topological polar surface area (TPSA) is 92.2 Å². The maximum Gasteiger partial charge on any atom is 0.338 e. The minimum Gasteiger partial charge on any atom is -0.478 e. The number of nitrogens with zero attached hydrogens (tertiary/aromatic N) is 2. The van der Waals surface area contributed by atoms with Gasteiger partial charge in [-0.05, 0) is 12.1 Å². The molecule has 0 saturated carbocycles. The van der Waals surface area contributed by atoms with Crippen LogP contribution in [-0.2, 0) is 0 Å². The highest BCUT2D eigenvalue weighted by Gasteiger charge is 2.09. The van der Waals surface area contributed by atoms with Crippen molar-refractivity contribution in [2.24, 2.45) is 0 Å². The first-order chi connectivity index (χ1) is 11.9. The summed E-state index contributed by atoms with van der Waals surface area (Å²) in [6.07, 6.45) is 2.23. The number of carboxylic acids is 1. The fraction of sp³-hybridized carbons (Fsp3) is 0.0769. The zero-order valence-corrected chi connectivity index (χ0v) is 14.0. The zero-order valence-electron chi connectivity index (χ0n) is 14.0. The van der Waals surface area contributed by atoms with Gasteiger partial charge in [-0.3, -0.25) is 4.79 Å². The van der Waals surface area contributed by atoms with E-state index in [1.807, 2.05) is 0 Å². The zero-order chi connectivity index (χ0) is 20.1. The fourth-order valence-electron chi connectivity index (χ4n) is 1.21. The summed E-state index contributed by atoms with van der Waals surface area (Å²) in [7, 11) is 0. The number of halogens is 4. The maximum atomic E-state index is 11.4. The van der Waals surface area contributed by atoms with Gasteiger partial charge < -0.3 is 10.4 Å². The molecule has 0 aliphatic carbocycles. The van der Waals surface area contributed by atoms with Gasteiger partial charge in [0.1, 0.15) is 10.3 Å². The molecule has 0 saturated heterocycles. The van der Waals surface area contributed by atoms with E-state index in [-0.39, 0.29) is 31.5 Å². The number of aromatic carboxylic acids is 1. The highest BCUT2D eigenvalue weighted by Crippen LogP contribution is 2.18. The van der Waals surface area contributed by atoms with Crippen molar-refractivity contribution in [2.75, 3.05) is 6.98 Å². The molecule has 2 rings (SSSR count). The molecule has 0 bridgehead atoms. The third-order valence-corrected chi connectivity index (χ3v) is 3.27. The third-order valence-electron chi connectivity index (χ3n) is 2.23. The number of hydrogen-bond donors (Lipinski definition) is 2.